The molecule has 1 aromatic carbocycles. The summed E-state index contributed by atoms with van der Waals surface area (Å²) in [5.41, 5.74) is 3.44. The highest BCUT2D eigenvalue weighted by atomic mass is 35.5. The van der Waals surface area contributed by atoms with Gasteiger partial charge in [0, 0.05) is 11.6 Å². The third-order valence-electron chi connectivity index (χ3n) is 2.70. The van der Waals surface area contributed by atoms with Crippen LogP contribution in [0.4, 0.5) is 40.8 Å². The smallest absolute Gasteiger partial charge is 0.433 e. The summed E-state index contributed by atoms with van der Waals surface area (Å²) in [4.78, 5) is 2.20. The van der Waals surface area contributed by atoms with Crippen molar-refractivity contribution in [1.29, 1.82) is 0 Å². The summed E-state index contributed by atoms with van der Waals surface area (Å²) in [5, 5.41) is -5.14. The molecule has 0 saturated heterocycles. The van der Waals surface area contributed by atoms with Crippen molar-refractivity contribution in [3.63, 3.8) is 0 Å². The van der Waals surface area contributed by atoms with Crippen LogP contribution in [-0.4, -0.2) is 33.6 Å². The van der Waals surface area contributed by atoms with Gasteiger partial charge in [-0.2, -0.15) is 30.7 Å². The number of halogens is 9. The fourth-order valence-electron chi connectivity index (χ4n) is 1.54. The van der Waals surface area contributed by atoms with Crippen LogP contribution in [0.15, 0.2) is 22.0 Å². The van der Waals surface area contributed by atoms with Crippen LogP contribution >= 0.6 is 11.6 Å². The molecule has 142 valence electrons. The first-order chi connectivity index (χ1) is 11.1. The van der Waals surface area contributed by atoms with E-state index in [9.17, 15) is 39.7 Å². The van der Waals surface area contributed by atoms with Gasteiger partial charge in [-0.05, 0) is 35.8 Å². The maximum Gasteiger partial charge on any atom is 0.433 e. The molecule has 1 atom stereocenters. The standard InChI is InChI=1S/C12H9ClF8N2OS/c1-5-2-6(14)7(3-8(5)25(24)4-10(15,16)17)23-9(22)11(18,19)12(13,20)21/h2-3H,4H2,1H3,(H2,22,23). The highest BCUT2D eigenvalue weighted by Crippen LogP contribution is 2.39. The van der Waals surface area contributed by atoms with E-state index in [4.69, 9.17) is 5.73 Å². The molecule has 25 heavy (non-hydrogen) atoms. The maximum absolute atomic E-state index is 13.7. The lowest BCUT2D eigenvalue weighted by Gasteiger charge is -2.20. The molecule has 0 aliphatic heterocycles. The quantitative estimate of drug-likeness (QED) is 0.256. The van der Waals surface area contributed by atoms with E-state index in [-0.39, 0.29) is 5.56 Å². The van der Waals surface area contributed by atoms with Gasteiger partial charge >= 0.3 is 17.5 Å². The van der Waals surface area contributed by atoms with Gasteiger partial charge in [0.15, 0.2) is 10.7 Å². The third-order valence-corrected chi connectivity index (χ3v) is 4.46. The number of rotatable bonds is 5. The van der Waals surface area contributed by atoms with Gasteiger partial charge in [0.05, 0.1) is 0 Å². The van der Waals surface area contributed by atoms with Crippen molar-refractivity contribution >= 4 is 34.3 Å². The van der Waals surface area contributed by atoms with Gasteiger partial charge < -0.3 is 10.3 Å². The Hall–Kier alpha value is -1.27. The summed E-state index contributed by atoms with van der Waals surface area (Å²) in [5.74, 6) is -10.4. The molecule has 1 rings (SSSR count). The molecular formula is C12H9ClF8N2OS. The number of hydrogen-bond donors (Lipinski definition) is 1. The van der Waals surface area contributed by atoms with Crippen LogP contribution < -0.4 is 5.73 Å². The summed E-state index contributed by atoms with van der Waals surface area (Å²) in [6.45, 7) is 1.12. The van der Waals surface area contributed by atoms with Crippen molar-refractivity contribution in [3.8, 4) is 0 Å². The van der Waals surface area contributed by atoms with Crippen LogP contribution in [0.1, 0.15) is 5.56 Å². The van der Waals surface area contributed by atoms with Crippen LogP contribution in [-0.2, 0) is 11.2 Å². The first-order valence-electron chi connectivity index (χ1n) is 6.10. The molecule has 3 nitrogen and oxygen atoms in total. The van der Waals surface area contributed by atoms with Crippen molar-refractivity contribution in [2.75, 3.05) is 5.75 Å². The topological polar surface area (TPSA) is 61.4 Å². The first-order valence-corrected chi connectivity index (χ1v) is 7.80. The first kappa shape index (κ1) is 21.8. The Morgan fingerprint density at radius 3 is 2.16 bits per heavy atom. The number of aliphatic imine (C=N–C) groups is 1. The Morgan fingerprint density at radius 1 is 1.20 bits per heavy atom. The predicted octanol–water partition coefficient (Wildman–Crippen LogP) is 4.26. The van der Waals surface area contributed by atoms with E-state index in [1.54, 1.807) is 0 Å². The molecule has 13 heteroatoms. The van der Waals surface area contributed by atoms with Crippen molar-refractivity contribution in [3.05, 3.63) is 23.5 Å². The molecule has 2 N–H and O–H groups in total. The highest BCUT2D eigenvalue weighted by Gasteiger charge is 2.58. The average molecular weight is 417 g/mol. The van der Waals surface area contributed by atoms with E-state index < -0.39 is 56.6 Å². The van der Waals surface area contributed by atoms with Gasteiger partial charge in [0.25, 0.3) is 0 Å². The predicted molar refractivity (Wildman–Crippen MR) is 75.5 cm³/mol. The van der Waals surface area contributed by atoms with E-state index in [1.807, 2.05) is 0 Å². The number of amidine groups is 1. The lowest BCUT2D eigenvalue weighted by Crippen LogP contribution is -2.47. The Labute approximate surface area is 144 Å². The summed E-state index contributed by atoms with van der Waals surface area (Å²) >= 11 is 1.49. The molecule has 0 radical (unpaired) electrons. The van der Waals surface area contributed by atoms with Gasteiger partial charge in [0.1, 0.15) is 11.5 Å². The molecule has 0 spiro atoms. The van der Waals surface area contributed by atoms with E-state index in [0.717, 1.165) is 6.92 Å². The number of hydrogen-bond acceptors (Lipinski definition) is 2. The van der Waals surface area contributed by atoms with Gasteiger partial charge in [-0.1, -0.05) is 0 Å². The molecular weight excluding hydrogens is 408 g/mol. The van der Waals surface area contributed by atoms with Crippen LogP contribution in [0.3, 0.4) is 0 Å². The second-order valence-corrected chi connectivity index (χ2v) is 6.64. The fraction of sp³-hybridized carbons (Fsp3) is 0.417. The zero-order valence-electron chi connectivity index (χ0n) is 12.1. The number of benzene rings is 1. The molecule has 0 fully saturated rings. The van der Waals surface area contributed by atoms with Gasteiger partial charge in [-0.25, -0.2) is 9.38 Å². The van der Waals surface area contributed by atoms with E-state index >= 15 is 0 Å². The second-order valence-electron chi connectivity index (χ2n) is 4.74. The largest absolute Gasteiger partial charge is 0.611 e. The number of alkyl halides is 8. The van der Waals surface area contributed by atoms with Gasteiger partial charge in [0.2, 0.25) is 5.75 Å². The minimum Gasteiger partial charge on any atom is -0.611 e. The average Bonchev–Trinajstić information content (AvgIpc) is 2.38. The molecule has 0 amide bonds. The highest BCUT2D eigenvalue weighted by molar-refractivity contribution is 7.91. The Morgan fingerprint density at radius 2 is 1.72 bits per heavy atom. The number of nitrogens with two attached hydrogens (primary N) is 1. The van der Waals surface area contributed by atoms with Gasteiger partial charge in [-0.15, -0.1) is 0 Å². The Bertz CT molecular complexity index is 674. The zero-order valence-corrected chi connectivity index (χ0v) is 13.7. The van der Waals surface area contributed by atoms with Crippen molar-refractivity contribution in [2.24, 2.45) is 10.7 Å². The molecule has 0 aliphatic carbocycles. The number of aryl methyl sites for hydroxylation is 1. The molecule has 0 heterocycles. The SMILES string of the molecule is Cc1cc(F)c(/N=C(\N)C(F)(F)C(F)(F)Cl)cc1[S+]([O-])CC(F)(F)F. The summed E-state index contributed by atoms with van der Waals surface area (Å²) < 4.78 is 114. The fourth-order valence-corrected chi connectivity index (χ4v) is 2.76. The summed E-state index contributed by atoms with van der Waals surface area (Å²) in [6.07, 6.45) is -4.82. The van der Waals surface area contributed by atoms with E-state index in [1.165, 1.54) is 0 Å². The minimum absolute atomic E-state index is 0.188. The van der Waals surface area contributed by atoms with Crippen LogP contribution in [0, 0.1) is 12.7 Å². The minimum atomic E-state index is -5.16. The lowest BCUT2D eigenvalue weighted by molar-refractivity contribution is -0.108. The molecule has 0 aliphatic rings. The molecule has 1 unspecified atom stereocenters. The summed E-state index contributed by atoms with van der Waals surface area (Å²) in [6, 6.07) is 1.02. The Balaban J connectivity index is 3.34. The van der Waals surface area contributed by atoms with Crippen LogP contribution in [0.2, 0.25) is 0 Å². The van der Waals surface area contributed by atoms with Crippen LogP contribution in [0.5, 0.6) is 0 Å². The summed E-state index contributed by atoms with van der Waals surface area (Å²) in [7, 11) is 0. The van der Waals surface area contributed by atoms with Crippen molar-refractivity contribution in [1.82, 2.24) is 0 Å². The second kappa shape index (κ2) is 7.16. The normalized spacial score (nSPS) is 15.4. The van der Waals surface area contributed by atoms with E-state index in [2.05, 4.69) is 16.6 Å². The Kier molecular flexibility index (Phi) is 6.23. The van der Waals surface area contributed by atoms with Crippen molar-refractivity contribution < 1.29 is 39.7 Å². The monoisotopic (exact) mass is 416 g/mol. The maximum atomic E-state index is 13.7. The molecule has 0 bridgehead atoms. The van der Waals surface area contributed by atoms with Crippen LogP contribution in [0.25, 0.3) is 0 Å². The van der Waals surface area contributed by atoms with Crippen molar-refractivity contribution in [2.45, 2.75) is 29.3 Å². The molecule has 0 aromatic heterocycles. The third kappa shape index (κ3) is 5.35. The molecule has 0 saturated carbocycles. The number of nitrogens with zero attached hydrogens (tertiary/aromatic N) is 1. The molecule has 1 aromatic rings. The van der Waals surface area contributed by atoms with E-state index in [0.29, 0.717) is 12.1 Å². The van der Waals surface area contributed by atoms with Gasteiger partial charge in [-0.3, -0.25) is 0 Å². The zero-order chi connectivity index (χ0) is 19.8. The lowest BCUT2D eigenvalue weighted by atomic mass is 10.2.